The molecule has 0 aliphatic rings. The number of fused-ring (bicyclic) bond motifs is 1. The molecule has 0 aliphatic heterocycles. The Hall–Kier alpha value is -3.23. The van der Waals surface area contributed by atoms with Crippen LogP contribution in [-0.2, 0) is 9.53 Å². The number of pyridine rings is 1. The normalized spacial score (nSPS) is 12.6. The second-order valence-corrected chi connectivity index (χ2v) is 7.53. The molecule has 0 saturated heterocycles. The number of amides is 1. The number of aromatic nitrogens is 4. The van der Waals surface area contributed by atoms with Gasteiger partial charge in [-0.1, -0.05) is 19.0 Å². The molecule has 9 heteroatoms. The van der Waals surface area contributed by atoms with Crippen molar-refractivity contribution >= 4 is 28.7 Å². The summed E-state index contributed by atoms with van der Waals surface area (Å²) in [6.45, 7) is 11.2. The molecule has 9 nitrogen and oxygen atoms in total. The molecule has 0 saturated carbocycles. The van der Waals surface area contributed by atoms with Gasteiger partial charge in [-0.25, -0.2) is 14.5 Å². The molecule has 0 bridgehead atoms. The Labute approximate surface area is 168 Å². The number of ether oxygens (including phenoxy) is 1. The van der Waals surface area contributed by atoms with Gasteiger partial charge >= 0.3 is 5.97 Å². The largest absolute Gasteiger partial charge is 0.449 e. The molecule has 3 aromatic heterocycles. The van der Waals surface area contributed by atoms with Crippen molar-refractivity contribution in [3.63, 3.8) is 0 Å². The van der Waals surface area contributed by atoms with E-state index in [0.717, 1.165) is 5.69 Å². The lowest BCUT2D eigenvalue weighted by atomic mass is 10.1. The predicted molar refractivity (Wildman–Crippen MR) is 107 cm³/mol. The van der Waals surface area contributed by atoms with E-state index in [4.69, 9.17) is 9.26 Å². The van der Waals surface area contributed by atoms with Crippen molar-refractivity contribution in [2.45, 2.75) is 59.6 Å². The lowest BCUT2D eigenvalue weighted by molar-refractivity contribution is -0.123. The first-order valence-electron chi connectivity index (χ1n) is 9.50. The number of rotatable bonds is 6. The highest BCUT2D eigenvalue weighted by Crippen LogP contribution is 2.25. The molecule has 3 rings (SSSR count). The minimum atomic E-state index is -1.02. The molecule has 3 aromatic rings. The fourth-order valence-corrected chi connectivity index (χ4v) is 2.81. The summed E-state index contributed by atoms with van der Waals surface area (Å²) < 4.78 is 12.1. The first-order chi connectivity index (χ1) is 13.7. The van der Waals surface area contributed by atoms with Crippen LogP contribution < -0.4 is 5.32 Å². The maximum absolute atomic E-state index is 12.9. The van der Waals surface area contributed by atoms with Crippen LogP contribution in [0.25, 0.3) is 11.0 Å². The summed E-state index contributed by atoms with van der Waals surface area (Å²) in [5.74, 6) is -0.174. The number of carbonyl (C=O) groups is 2. The van der Waals surface area contributed by atoms with Crippen molar-refractivity contribution in [1.82, 2.24) is 19.9 Å². The van der Waals surface area contributed by atoms with Crippen molar-refractivity contribution < 1.29 is 18.8 Å². The van der Waals surface area contributed by atoms with Gasteiger partial charge in [0.05, 0.1) is 17.1 Å². The van der Waals surface area contributed by atoms with Crippen molar-refractivity contribution in [2.75, 3.05) is 5.32 Å². The van der Waals surface area contributed by atoms with E-state index in [-0.39, 0.29) is 17.8 Å². The van der Waals surface area contributed by atoms with Crippen LogP contribution in [-0.4, -0.2) is 37.9 Å². The second kappa shape index (κ2) is 8.02. The number of nitrogens with one attached hydrogen (secondary N) is 1. The SMILES string of the molecule is Cc1cc(NC(=O)C(C)OC(=O)c2cc(C(C)C)nc3c2cnn3C(C)C)no1. The number of aryl methyl sites for hydroxylation is 1. The van der Waals surface area contributed by atoms with Gasteiger partial charge < -0.3 is 14.6 Å². The summed E-state index contributed by atoms with van der Waals surface area (Å²) in [6.07, 6.45) is 0.580. The molecule has 154 valence electrons. The Morgan fingerprint density at radius 3 is 2.48 bits per heavy atom. The highest BCUT2D eigenvalue weighted by molar-refractivity contribution is 6.04. The molecule has 1 atom stereocenters. The number of nitrogens with zero attached hydrogens (tertiary/aromatic N) is 4. The molecule has 0 radical (unpaired) electrons. The summed E-state index contributed by atoms with van der Waals surface area (Å²) in [7, 11) is 0. The van der Waals surface area contributed by atoms with Crippen LogP contribution in [0.15, 0.2) is 22.9 Å². The Morgan fingerprint density at radius 1 is 1.17 bits per heavy atom. The summed E-state index contributed by atoms with van der Waals surface area (Å²) >= 11 is 0. The average molecular weight is 399 g/mol. The monoisotopic (exact) mass is 399 g/mol. The summed E-state index contributed by atoms with van der Waals surface area (Å²) in [4.78, 5) is 29.9. The van der Waals surface area contributed by atoms with Gasteiger partial charge in [0.15, 0.2) is 17.6 Å². The third kappa shape index (κ3) is 4.28. The Balaban J connectivity index is 1.86. The minimum absolute atomic E-state index is 0.0851. The van der Waals surface area contributed by atoms with Gasteiger partial charge in [0.1, 0.15) is 5.76 Å². The van der Waals surface area contributed by atoms with Gasteiger partial charge in [0.25, 0.3) is 5.91 Å². The standard InChI is InChI=1S/C20H25N5O4/c1-10(2)16-8-14(15-9-21-25(11(3)4)18(15)22-16)20(27)28-13(6)19(26)23-17-7-12(5)29-24-17/h7-11,13H,1-6H3,(H,23,24,26). The van der Waals surface area contributed by atoms with Crippen molar-refractivity contribution in [1.29, 1.82) is 0 Å². The van der Waals surface area contributed by atoms with Crippen molar-refractivity contribution in [3.8, 4) is 0 Å². The second-order valence-electron chi connectivity index (χ2n) is 7.53. The van der Waals surface area contributed by atoms with Crippen LogP contribution >= 0.6 is 0 Å². The molecular weight excluding hydrogens is 374 g/mol. The maximum atomic E-state index is 12.9. The third-order valence-electron chi connectivity index (χ3n) is 4.42. The Bertz CT molecular complexity index is 1050. The highest BCUT2D eigenvalue weighted by atomic mass is 16.5. The van der Waals surface area contributed by atoms with E-state index in [0.29, 0.717) is 22.4 Å². The molecule has 1 N–H and O–H groups in total. The van der Waals surface area contributed by atoms with E-state index in [1.54, 1.807) is 29.9 Å². The van der Waals surface area contributed by atoms with E-state index in [1.165, 1.54) is 6.92 Å². The molecule has 0 fully saturated rings. The number of esters is 1. The molecule has 3 heterocycles. The predicted octanol–water partition coefficient (Wildman–Crippen LogP) is 3.62. The van der Waals surface area contributed by atoms with Gasteiger partial charge in [0, 0.05) is 17.8 Å². The van der Waals surface area contributed by atoms with E-state index >= 15 is 0 Å². The molecule has 29 heavy (non-hydrogen) atoms. The zero-order chi connectivity index (χ0) is 21.3. The first-order valence-corrected chi connectivity index (χ1v) is 9.50. The van der Waals surface area contributed by atoms with E-state index in [1.807, 2.05) is 27.7 Å². The van der Waals surface area contributed by atoms with Crippen molar-refractivity contribution in [3.05, 3.63) is 35.3 Å². The fraction of sp³-hybridized carbons (Fsp3) is 0.450. The molecule has 0 aromatic carbocycles. The fourth-order valence-electron chi connectivity index (χ4n) is 2.81. The van der Waals surface area contributed by atoms with E-state index < -0.39 is 18.0 Å². The average Bonchev–Trinajstić information content (AvgIpc) is 3.26. The maximum Gasteiger partial charge on any atom is 0.339 e. The number of anilines is 1. The number of carbonyl (C=O) groups excluding carboxylic acids is 2. The lowest BCUT2D eigenvalue weighted by Crippen LogP contribution is -2.30. The minimum Gasteiger partial charge on any atom is -0.449 e. The van der Waals surface area contributed by atoms with Gasteiger partial charge in [-0.15, -0.1) is 0 Å². The van der Waals surface area contributed by atoms with Crippen LogP contribution in [0.5, 0.6) is 0 Å². The molecule has 1 unspecified atom stereocenters. The highest BCUT2D eigenvalue weighted by Gasteiger charge is 2.24. The molecular formula is C20H25N5O4. The third-order valence-corrected chi connectivity index (χ3v) is 4.42. The molecule has 1 amide bonds. The number of hydrogen-bond donors (Lipinski definition) is 1. The zero-order valence-electron chi connectivity index (χ0n) is 17.4. The van der Waals surface area contributed by atoms with Crippen LogP contribution in [0, 0.1) is 6.92 Å². The van der Waals surface area contributed by atoms with Crippen molar-refractivity contribution in [2.24, 2.45) is 0 Å². The molecule has 0 aliphatic carbocycles. The Kier molecular flexibility index (Phi) is 5.67. The van der Waals surface area contributed by atoms with Gasteiger partial charge in [0.2, 0.25) is 0 Å². The van der Waals surface area contributed by atoms with Crippen LogP contribution in [0.3, 0.4) is 0 Å². The lowest BCUT2D eigenvalue weighted by Gasteiger charge is -2.14. The topological polar surface area (TPSA) is 112 Å². The van der Waals surface area contributed by atoms with Crippen LogP contribution in [0.2, 0.25) is 0 Å². The summed E-state index contributed by atoms with van der Waals surface area (Å²) in [6, 6.07) is 3.36. The van der Waals surface area contributed by atoms with Crippen LogP contribution in [0.1, 0.15) is 68.4 Å². The van der Waals surface area contributed by atoms with E-state index in [9.17, 15) is 9.59 Å². The summed E-state index contributed by atoms with van der Waals surface area (Å²) in [5.41, 5.74) is 1.71. The first kappa shape index (κ1) is 20.5. The summed E-state index contributed by atoms with van der Waals surface area (Å²) in [5, 5.41) is 11.2. The van der Waals surface area contributed by atoms with E-state index in [2.05, 4.69) is 20.6 Å². The van der Waals surface area contributed by atoms with Gasteiger partial charge in [-0.3, -0.25) is 4.79 Å². The van der Waals surface area contributed by atoms with Gasteiger partial charge in [-0.05, 0) is 39.7 Å². The zero-order valence-corrected chi connectivity index (χ0v) is 17.4. The number of hydrogen-bond acceptors (Lipinski definition) is 7. The molecule has 0 spiro atoms. The van der Waals surface area contributed by atoms with Gasteiger partial charge in [-0.2, -0.15) is 5.10 Å². The smallest absolute Gasteiger partial charge is 0.339 e. The van der Waals surface area contributed by atoms with Crippen LogP contribution in [0.4, 0.5) is 5.82 Å². The quantitative estimate of drug-likeness (QED) is 0.630. The Morgan fingerprint density at radius 2 is 1.90 bits per heavy atom.